The van der Waals surface area contributed by atoms with Crippen molar-refractivity contribution in [1.29, 1.82) is 0 Å². The third-order valence-electron chi connectivity index (χ3n) is 9.80. The molecule has 0 aliphatic carbocycles. The second-order valence-corrected chi connectivity index (χ2v) is 15.5. The zero-order valence-electron chi connectivity index (χ0n) is 31.3. The zero-order valence-corrected chi connectivity index (χ0v) is 33.8. The molecule has 15 heteroatoms. The van der Waals surface area contributed by atoms with E-state index in [9.17, 15) is 23.2 Å². The van der Waals surface area contributed by atoms with Gasteiger partial charge >= 0.3 is 270 Å². The standard InChI is InChI=1S/C38H52F3N5O6.Os/c1-7-25(3)34-35(48)42-26(4)36(49)46-18-10-12-30(44-46)21-45(41)27(5)31-13-9-11-29-15-14-28(19-32(29)43-31)16-17-37(6,20-33(47)52-34)24-51-38(22-39,23-40)50-8-2;/h9,13-17,19,25-27,30,34,44H,7-8,10-12,18,20,22-24H2,1-6H3,(H,42,48);/b17-16+;/t25?,26?,27-,30?,34?,37?;/m1./s1. The number of benzene rings is 1. The van der Waals surface area contributed by atoms with Crippen LogP contribution in [0.2, 0.25) is 0 Å². The van der Waals surface area contributed by atoms with E-state index in [2.05, 4.69) is 10.7 Å². The molecule has 1 aromatic carbocycles. The Balaban J connectivity index is 1.77. The molecule has 5 unspecified atom stereocenters. The molecule has 2 amide bonds. The molecular weight excluding hydrogens is 870 g/mol. The third kappa shape index (κ3) is 10.8. The van der Waals surface area contributed by atoms with Gasteiger partial charge in [0.05, 0.1) is 0 Å². The number of ether oxygens (including phenoxy) is 3. The molecule has 53 heavy (non-hydrogen) atoms. The van der Waals surface area contributed by atoms with Crippen molar-refractivity contribution in [1.82, 2.24) is 20.9 Å². The number of esters is 1. The van der Waals surface area contributed by atoms with E-state index >= 15 is 4.48 Å². The van der Waals surface area contributed by atoms with Gasteiger partial charge in [0.2, 0.25) is 5.79 Å². The number of hydrazine groups is 1. The maximum absolute atomic E-state index is 16.2. The van der Waals surface area contributed by atoms with Crippen LogP contribution in [0, 0.1) is 11.3 Å². The molecule has 0 aromatic heterocycles. The number of alkyl halides is 2. The maximum atomic E-state index is 16.2. The number of nitrogens with zero attached hydrogens (tertiary/aromatic N) is 3. The fraction of sp³-hybridized carbons (Fsp3) is 0.605. The molecule has 0 saturated carbocycles. The second-order valence-electron chi connectivity index (χ2n) is 14.2. The van der Waals surface area contributed by atoms with Crippen molar-refractivity contribution in [3.05, 3.63) is 47.6 Å². The Kier molecular flexibility index (Phi) is 15.3. The van der Waals surface area contributed by atoms with Crippen LogP contribution in [0.5, 0.6) is 0 Å². The van der Waals surface area contributed by atoms with Crippen molar-refractivity contribution in [2.45, 2.75) is 104 Å². The summed E-state index contributed by atoms with van der Waals surface area (Å²) < 4.78 is 61.6. The van der Waals surface area contributed by atoms with Crippen molar-refractivity contribution in [3.63, 3.8) is 0 Å². The molecule has 1 saturated heterocycles. The van der Waals surface area contributed by atoms with Crippen LogP contribution in [0.15, 0.2) is 41.4 Å². The Bertz CT molecular complexity index is 1590. The predicted molar refractivity (Wildman–Crippen MR) is 193 cm³/mol. The number of fused-ring (bicyclic) bond motifs is 3. The summed E-state index contributed by atoms with van der Waals surface area (Å²) in [7, 11) is 0. The molecule has 294 valence electrons. The van der Waals surface area contributed by atoms with Crippen molar-refractivity contribution in [3.8, 4) is 0 Å². The summed E-state index contributed by atoms with van der Waals surface area (Å²) in [6.45, 7) is 7.65. The number of allylic oxidation sites excluding steroid dienone is 1. The minimum absolute atomic E-state index is 0.00722. The predicted octanol–water partition coefficient (Wildman–Crippen LogP) is 5.19. The summed E-state index contributed by atoms with van der Waals surface area (Å²) >= 11 is 1.41. The SMILES string of the molecule is CCOC(CF)(CF)OCC1(C)/C=C/c2ccc3c(c2)N=C(C=CC3)[C@@H](C)N(F)[C](=[Os])C2CCCN(N2)C(=O)C(C)NC(=O)C(C(C)CC)OC(=O)C1. The normalized spacial score (nSPS) is 28.0. The first-order valence-electron chi connectivity index (χ1n) is 18.2. The topological polar surface area (TPSA) is 122 Å². The third-order valence-corrected chi connectivity index (χ3v) is 11.2. The first-order valence-corrected chi connectivity index (χ1v) is 19.5. The molecule has 5 bridgehead atoms. The quantitative estimate of drug-likeness (QED) is 0.198. The summed E-state index contributed by atoms with van der Waals surface area (Å²) in [6, 6.07) is 3.42. The number of hydrogen-bond donors (Lipinski definition) is 2. The van der Waals surface area contributed by atoms with Gasteiger partial charge in [-0.15, -0.1) is 0 Å². The number of halogens is 3. The second kappa shape index (κ2) is 19.0. The van der Waals surface area contributed by atoms with Gasteiger partial charge in [-0.25, -0.2) is 8.78 Å². The number of carbonyl (C=O) groups is 3. The van der Waals surface area contributed by atoms with Crippen LogP contribution < -0.4 is 10.7 Å². The van der Waals surface area contributed by atoms with E-state index in [1.165, 1.54) is 23.2 Å². The average molecular weight is 922 g/mol. The molecule has 3 aliphatic heterocycles. The van der Waals surface area contributed by atoms with Crippen LogP contribution in [0.3, 0.4) is 0 Å². The van der Waals surface area contributed by atoms with Crippen LogP contribution in [-0.4, -0.2) is 101 Å². The summed E-state index contributed by atoms with van der Waals surface area (Å²) in [5.74, 6) is -4.38. The van der Waals surface area contributed by atoms with E-state index in [0.717, 1.165) is 5.56 Å². The van der Waals surface area contributed by atoms with E-state index in [4.69, 9.17) is 19.2 Å². The van der Waals surface area contributed by atoms with Gasteiger partial charge < -0.3 is 9.47 Å². The van der Waals surface area contributed by atoms with Crippen molar-refractivity contribution >= 4 is 39.4 Å². The molecule has 1 fully saturated rings. The van der Waals surface area contributed by atoms with Crippen LogP contribution in [0.25, 0.3) is 6.08 Å². The van der Waals surface area contributed by atoms with Gasteiger partial charge in [0.15, 0.2) is 0 Å². The van der Waals surface area contributed by atoms with Gasteiger partial charge in [0.1, 0.15) is 13.3 Å². The number of hydrogen-bond acceptors (Lipinski definition) is 9. The summed E-state index contributed by atoms with van der Waals surface area (Å²) in [6.07, 6.45) is 7.89. The van der Waals surface area contributed by atoms with Gasteiger partial charge in [-0.2, -0.15) is 0 Å². The van der Waals surface area contributed by atoms with Crippen LogP contribution in [0.1, 0.15) is 78.4 Å². The Morgan fingerprint density at radius 2 is 1.89 bits per heavy atom. The fourth-order valence-corrected chi connectivity index (χ4v) is 7.25. The van der Waals surface area contributed by atoms with E-state index in [1.54, 1.807) is 46.8 Å². The van der Waals surface area contributed by atoms with Gasteiger partial charge in [-0.1, -0.05) is 0 Å². The number of carbonyl (C=O) groups excluding carboxylic acids is 3. The number of rotatable bonds is 9. The van der Waals surface area contributed by atoms with E-state index in [-0.39, 0.29) is 19.6 Å². The minimum atomic E-state index is -2.15. The van der Waals surface area contributed by atoms with E-state index < -0.39 is 72.5 Å². The summed E-state index contributed by atoms with van der Waals surface area (Å²) in [5.41, 5.74) is 4.73. The van der Waals surface area contributed by atoms with Gasteiger partial charge in [0, 0.05) is 6.61 Å². The number of nitrogens with one attached hydrogen (secondary N) is 2. The Morgan fingerprint density at radius 1 is 1.15 bits per heavy atom. The molecule has 6 atom stereocenters. The number of cyclic esters (lactones) is 1. The van der Waals surface area contributed by atoms with E-state index in [0.29, 0.717) is 58.5 Å². The van der Waals surface area contributed by atoms with Crippen LogP contribution in [-0.2, 0) is 53.2 Å². The molecule has 0 radical (unpaired) electrons. The summed E-state index contributed by atoms with van der Waals surface area (Å²) in [5, 5.41) is 4.80. The van der Waals surface area contributed by atoms with Crippen LogP contribution >= 0.6 is 0 Å². The zero-order chi connectivity index (χ0) is 38.9. The Morgan fingerprint density at radius 3 is 2.57 bits per heavy atom. The molecule has 2 N–H and O–H groups in total. The molecule has 4 rings (SSSR count). The average Bonchev–Trinajstić information content (AvgIpc) is 3.38. The van der Waals surface area contributed by atoms with Gasteiger partial charge in [-0.05, 0) is 6.92 Å². The van der Waals surface area contributed by atoms with Crippen molar-refractivity contribution in [2.24, 2.45) is 16.3 Å². The number of aliphatic imine (C=N–C) groups is 1. The molecule has 11 nitrogen and oxygen atoms in total. The molecule has 1 aromatic rings. The monoisotopic (exact) mass is 923 g/mol. The fourth-order valence-electron chi connectivity index (χ4n) is 6.23. The van der Waals surface area contributed by atoms with Gasteiger partial charge in [0.25, 0.3) is 0 Å². The first-order chi connectivity index (χ1) is 25.2. The van der Waals surface area contributed by atoms with Crippen LogP contribution in [0.4, 0.5) is 18.9 Å². The van der Waals surface area contributed by atoms with Crippen molar-refractivity contribution < 1.29 is 60.0 Å². The van der Waals surface area contributed by atoms with Gasteiger partial charge in [-0.3, -0.25) is 0 Å². The van der Waals surface area contributed by atoms with E-state index in [1.807, 2.05) is 37.3 Å². The molecule has 3 aliphatic rings. The summed E-state index contributed by atoms with van der Waals surface area (Å²) in [4.78, 5) is 45.8. The molecule has 0 spiro atoms. The Labute approximate surface area is 320 Å². The molecular formula is C38H52F3N5O6Os. The van der Waals surface area contributed by atoms with Crippen molar-refractivity contribution in [2.75, 3.05) is 33.1 Å². The first kappa shape index (κ1) is 42.7. The Hall–Kier alpha value is -3.08. The molecule has 3 heterocycles. The number of amides is 2.